The summed E-state index contributed by atoms with van der Waals surface area (Å²) in [5.41, 5.74) is 6.50. The van der Waals surface area contributed by atoms with Crippen molar-refractivity contribution in [3.63, 3.8) is 0 Å². The molecule has 1 aliphatic heterocycles. The van der Waals surface area contributed by atoms with Gasteiger partial charge in [0.2, 0.25) is 0 Å². The highest BCUT2D eigenvalue weighted by atomic mass is 16.5. The molecule has 3 aliphatic rings. The van der Waals surface area contributed by atoms with Crippen molar-refractivity contribution in [2.24, 2.45) is 17.6 Å². The molecule has 1 unspecified atom stereocenters. The number of fused-ring (bicyclic) bond motifs is 2. The van der Waals surface area contributed by atoms with E-state index < -0.39 is 5.91 Å². The zero-order valence-electron chi connectivity index (χ0n) is 15.7. The highest BCUT2D eigenvalue weighted by molar-refractivity contribution is 5.90. The molecule has 0 aromatic carbocycles. The minimum absolute atomic E-state index is 0.321. The van der Waals surface area contributed by atoms with Crippen LogP contribution < -0.4 is 5.73 Å². The van der Waals surface area contributed by atoms with Crippen LogP contribution in [0.2, 0.25) is 0 Å². The summed E-state index contributed by atoms with van der Waals surface area (Å²) in [6.07, 6.45) is 7.92. The van der Waals surface area contributed by atoms with Crippen LogP contribution in [-0.2, 0) is 15.1 Å². The summed E-state index contributed by atoms with van der Waals surface area (Å²) in [6, 6.07) is 4.48. The number of carbonyl (C=O) groups is 1. The van der Waals surface area contributed by atoms with E-state index in [0.29, 0.717) is 29.7 Å². The molecule has 6 heteroatoms. The lowest BCUT2D eigenvalue weighted by Crippen LogP contribution is -2.63. The SMILES string of the molecule is COC1CC(N2C[C@H]3CCC[C@@H](C2)C3(OC)c2ccnc(C(N)=O)c2)C1. The zero-order valence-corrected chi connectivity index (χ0v) is 15.7. The average molecular weight is 359 g/mol. The summed E-state index contributed by atoms with van der Waals surface area (Å²) in [4.78, 5) is 18.4. The van der Waals surface area contributed by atoms with Crippen molar-refractivity contribution in [1.82, 2.24) is 9.88 Å². The number of primary amides is 1. The Morgan fingerprint density at radius 3 is 2.54 bits per heavy atom. The Bertz CT molecular complexity index is 660. The number of amides is 1. The van der Waals surface area contributed by atoms with Crippen LogP contribution in [0.4, 0.5) is 0 Å². The first-order chi connectivity index (χ1) is 12.6. The standard InChI is InChI=1S/C20H29N3O3/c1-25-17-9-16(10-17)23-11-14-4-3-5-15(12-23)20(14,26-2)13-6-7-22-18(8-13)19(21)24/h6-8,14-17H,3-5,9-12H2,1-2H3,(H2,21,24)/t14-,15+,16?,17?,20?. The number of methoxy groups -OCH3 is 2. The largest absolute Gasteiger partial charge is 0.381 e. The number of nitrogens with zero attached hydrogens (tertiary/aromatic N) is 2. The predicted octanol–water partition coefficient (Wildman–Crippen LogP) is 1.93. The lowest BCUT2D eigenvalue weighted by molar-refractivity contribution is -0.183. The van der Waals surface area contributed by atoms with Crippen LogP contribution in [-0.4, -0.2) is 55.2 Å². The van der Waals surface area contributed by atoms with Gasteiger partial charge < -0.3 is 15.2 Å². The molecule has 1 saturated heterocycles. The molecule has 26 heavy (non-hydrogen) atoms. The predicted molar refractivity (Wildman–Crippen MR) is 97.7 cm³/mol. The first-order valence-corrected chi connectivity index (χ1v) is 9.66. The fourth-order valence-corrected chi connectivity index (χ4v) is 5.52. The molecule has 2 aliphatic carbocycles. The van der Waals surface area contributed by atoms with Crippen LogP contribution in [0.3, 0.4) is 0 Å². The summed E-state index contributed by atoms with van der Waals surface area (Å²) >= 11 is 0. The van der Waals surface area contributed by atoms with E-state index in [1.807, 2.05) is 26.4 Å². The molecule has 142 valence electrons. The van der Waals surface area contributed by atoms with Gasteiger partial charge >= 0.3 is 0 Å². The van der Waals surface area contributed by atoms with Crippen LogP contribution in [0.5, 0.6) is 0 Å². The van der Waals surface area contributed by atoms with Gasteiger partial charge in [-0.1, -0.05) is 6.42 Å². The van der Waals surface area contributed by atoms with E-state index in [4.69, 9.17) is 15.2 Å². The van der Waals surface area contributed by atoms with Crippen LogP contribution in [0, 0.1) is 11.8 Å². The number of pyridine rings is 1. The lowest BCUT2D eigenvalue weighted by atomic mass is 9.61. The monoisotopic (exact) mass is 359 g/mol. The molecule has 2 heterocycles. The molecule has 0 radical (unpaired) electrons. The topological polar surface area (TPSA) is 77.7 Å². The Balaban J connectivity index is 1.62. The van der Waals surface area contributed by atoms with Gasteiger partial charge in [0.1, 0.15) is 11.3 Å². The van der Waals surface area contributed by atoms with Crippen molar-refractivity contribution in [2.75, 3.05) is 27.3 Å². The molecule has 2 N–H and O–H groups in total. The lowest BCUT2D eigenvalue weighted by Gasteiger charge is -2.58. The summed E-state index contributed by atoms with van der Waals surface area (Å²) in [5, 5.41) is 0. The molecule has 1 amide bonds. The molecule has 6 nitrogen and oxygen atoms in total. The number of nitrogens with two attached hydrogens (primary N) is 1. The number of ether oxygens (including phenoxy) is 2. The van der Waals surface area contributed by atoms with Gasteiger partial charge in [-0.05, 0) is 43.4 Å². The Labute approximate surface area is 155 Å². The minimum atomic E-state index is -0.485. The number of aromatic nitrogens is 1. The summed E-state index contributed by atoms with van der Waals surface area (Å²) < 4.78 is 11.7. The van der Waals surface area contributed by atoms with Crippen molar-refractivity contribution in [3.05, 3.63) is 29.6 Å². The third-order valence-electron chi connectivity index (χ3n) is 6.95. The van der Waals surface area contributed by atoms with Crippen molar-refractivity contribution in [1.29, 1.82) is 0 Å². The molecular weight excluding hydrogens is 330 g/mol. The molecule has 0 spiro atoms. The number of rotatable bonds is 5. The van der Waals surface area contributed by atoms with Gasteiger partial charge in [-0.2, -0.15) is 0 Å². The number of likely N-dealkylation sites (tertiary alicyclic amines) is 1. The Morgan fingerprint density at radius 2 is 1.96 bits per heavy atom. The Hall–Kier alpha value is -1.50. The van der Waals surface area contributed by atoms with Crippen LogP contribution in [0.25, 0.3) is 0 Å². The van der Waals surface area contributed by atoms with Crippen LogP contribution in [0.15, 0.2) is 18.3 Å². The van der Waals surface area contributed by atoms with E-state index in [1.54, 1.807) is 6.20 Å². The molecular formula is C20H29N3O3. The van der Waals surface area contributed by atoms with Gasteiger partial charge in [0.25, 0.3) is 5.91 Å². The zero-order chi connectivity index (χ0) is 18.3. The highest BCUT2D eigenvalue weighted by Crippen LogP contribution is 2.52. The van der Waals surface area contributed by atoms with Crippen molar-refractivity contribution in [3.8, 4) is 0 Å². The van der Waals surface area contributed by atoms with E-state index in [1.165, 1.54) is 6.42 Å². The maximum absolute atomic E-state index is 11.6. The van der Waals surface area contributed by atoms with Crippen molar-refractivity contribution >= 4 is 5.91 Å². The van der Waals surface area contributed by atoms with E-state index in [-0.39, 0.29) is 5.60 Å². The molecule has 1 aromatic rings. The minimum Gasteiger partial charge on any atom is -0.381 e. The summed E-state index contributed by atoms with van der Waals surface area (Å²) in [5.74, 6) is 0.357. The fraction of sp³-hybridized carbons (Fsp3) is 0.700. The second-order valence-electron chi connectivity index (χ2n) is 8.05. The molecule has 1 aromatic heterocycles. The first-order valence-electron chi connectivity index (χ1n) is 9.66. The third kappa shape index (κ3) is 2.75. The van der Waals surface area contributed by atoms with E-state index in [9.17, 15) is 4.79 Å². The fourth-order valence-electron chi connectivity index (χ4n) is 5.52. The van der Waals surface area contributed by atoms with E-state index >= 15 is 0 Å². The maximum Gasteiger partial charge on any atom is 0.267 e. The van der Waals surface area contributed by atoms with Crippen LogP contribution >= 0.6 is 0 Å². The van der Waals surface area contributed by atoms with Gasteiger partial charge in [0.05, 0.1) is 6.10 Å². The molecule has 3 atom stereocenters. The molecule has 2 saturated carbocycles. The molecule has 2 bridgehead atoms. The summed E-state index contributed by atoms with van der Waals surface area (Å²) in [7, 11) is 3.62. The van der Waals surface area contributed by atoms with E-state index in [0.717, 1.165) is 44.3 Å². The third-order valence-corrected chi connectivity index (χ3v) is 6.95. The van der Waals surface area contributed by atoms with Gasteiger partial charge in [0, 0.05) is 51.4 Å². The maximum atomic E-state index is 11.6. The van der Waals surface area contributed by atoms with Gasteiger partial charge in [-0.3, -0.25) is 14.7 Å². The van der Waals surface area contributed by atoms with Gasteiger partial charge in [-0.15, -0.1) is 0 Å². The first kappa shape index (κ1) is 17.9. The highest BCUT2D eigenvalue weighted by Gasteiger charge is 2.54. The number of carbonyl (C=O) groups excluding carboxylic acids is 1. The average Bonchev–Trinajstić information content (AvgIpc) is 2.60. The number of piperidine rings is 1. The number of hydrogen-bond donors (Lipinski definition) is 1. The molecule has 3 fully saturated rings. The van der Waals surface area contributed by atoms with Crippen molar-refractivity contribution < 1.29 is 14.3 Å². The summed E-state index contributed by atoms with van der Waals surface area (Å²) in [6.45, 7) is 2.08. The van der Waals surface area contributed by atoms with Crippen molar-refractivity contribution in [2.45, 2.75) is 49.9 Å². The smallest absolute Gasteiger partial charge is 0.267 e. The normalized spacial score (nSPS) is 37.2. The Kier molecular flexibility index (Phi) is 4.75. The second kappa shape index (κ2) is 6.91. The Morgan fingerprint density at radius 1 is 1.27 bits per heavy atom. The van der Waals surface area contributed by atoms with Crippen LogP contribution in [0.1, 0.15) is 48.2 Å². The second-order valence-corrected chi connectivity index (χ2v) is 8.05. The number of hydrogen-bond acceptors (Lipinski definition) is 5. The quantitative estimate of drug-likeness (QED) is 0.869. The van der Waals surface area contributed by atoms with Gasteiger partial charge in [0.15, 0.2) is 0 Å². The molecule has 4 rings (SSSR count). The van der Waals surface area contributed by atoms with Gasteiger partial charge in [-0.25, -0.2) is 0 Å². The van der Waals surface area contributed by atoms with E-state index in [2.05, 4.69) is 9.88 Å².